The van der Waals surface area contributed by atoms with Gasteiger partial charge in [0.15, 0.2) is 0 Å². The lowest BCUT2D eigenvalue weighted by Gasteiger charge is -2.39. The zero-order chi connectivity index (χ0) is 16.4. The van der Waals surface area contributed by atoms with Crippen molar-refractivity contribution in [1.82, 2.24) is 9.80 Å². The molecular weight excluding hydrogens is 282 g/mol. The Morgan fingerprint density at radius 1 is 1.36 bits per heavy atom. The van der Waals surface area contributed by atoms with Crippen LogP contribution in [0.1, 0.15) is 24.1 Å². The first-order valence-electron chi connectivity index (χ1n) is 6.72. The number of hydrogen-bond acceptors (Lipinski definition) is 4. The molecule has 0 bridgehead atoms. The van der Waals surface area contributed by atoms with Crippen molar-refractivity contribution in [3.8, 4) is 6.07 Å². The number of esters is 1. The number of benzene rings is 1. The summed E-state index contributed by atoms with van der Waals surface area (Å²) in [6.07, 6.45) is 0. The fourth-order valence-electron chi connectivity index (χ4n) is 2.60. The molecule has 0 unspecified atom stereocenters. The first kappa shape index (κ1) is 15.6. The van der Waals surface area contributed by atoms with E-state index in [0.717, 1.165) is 0 Å². The fraction of sp³-hybridized carbons (Fsp3) is 0.312. The Bertz CT molecular complexity index is 703. The number of carbonyl (C=O) groups is 2. The van der Waals surface area contributed by atoms with Crippen molar-refractivity contribution in [2.75, 3.05) is 21.2 Å². The van der Waals surface area contributed by atoms with E-state index in [2.05, 4.69) is 6.07 Å². The van der Waals surface area contributed by atoms with Gasteiger partial charge in [0.25, 0.3) is 0 Å². The Morgan fingerprint density at radius 3 is 2.64 bits per heavy atom. The van der Waals surface area contributed by atoms with E-state index < -0.39 is 12.0 Å². The maximum atomic E-state index is 12.3. The van der Waals surface area contributed by atoms with E-state index >= 15 is 0 Å². The van der Waals surface area contributed by atoms with Crippen LogP contribution in [0, 0.1) is 11.3 Å². The van der Waals surface area contributed by atoms with Crippen LogP contribution >= 0.6 is 0 Å². The molecule has 1 aliphatic rings. The highest BCUT2D eigenvalue weighted by molar-refractivity contribution is 5.94. The average molecular weight is 299 g/mol. The highest BCUT2D eigenvalue weighted by Gasteiger charge is 2.38. The van der Waals surface area contributed by atoms with Gasteiger partial charge in [-0.1, -0.05) is 12.1 Å². The first-order chi connectivity index (χ1) is 10.4. The highest BCUT2D eigenvalue weighted by Crippen LogP contribution is 2.36. The molecule has 6 nitrogen and oxygen atoms in total. The van der Waals surface area contributed by atoms with Crippen molar-refractivity contribution in [3.05, 3.63) is 46.7 Å². The number of ether oxygens (including phenoxy) is 1. The number of likely N-dealkylation sites (N-methyl/N-ethyl adjacent to an activating group) is 1. The lowest BCUT2D eigenvalue weighted by atomic mass is 9.93. The summed E-state index contributed by atoms with van der Waals surface area (Å²) < 4.78 is 4.87. The van der Waals surface area contributed by atoms with Crippen LogP contribution in [0.5, 0.6) is 0 Å². The molecule has 1 aliphatic heterocycles. The van der Waals surface area contributed by atoms with Crippen LogP contribution in [0.25, 0.3) is 0 Å². The molecule has 2 rings (SSSR count). The summed E-state index contributed by atoms with van der Waals surface area (Å²) in [5.74, 6) is -0.490. The standard InChI is InChI=1S/C16H17N3O3/c1-10-13(15(20)22-4)14(19(3)16(21)18(10)2)12-7-5-6-11(8-12)9-17/h5-8,14H,1-4H3/t14-/m1/s1. The van der Waals surface area contributed by atoms with Crippen molar-refractivity contribution >= 4 is 12.0 Å². The van der Waals surface area contributed by atoms with Crippen molar-refractivity contribution in [2.24, 2.45) is 0 Å². The number of nitriles is 1. The van der Waals surface area contributed by atoms with Crippen LogP contribution < -0.4 is 0 Å². The minimum absolute atomic E-state index is 0.225. The quantitative estimate of drug-likeness (QED) is 0.783. The summed E-state index contributed by atoms with van der Waals surface area (Å²) in [5, 5.41) is 9.05. The number of rotatable bonds is 2. The molecular formula is C16H17N3O3. The van der Waals surface area contributed by atoms with Gasteiger partial charge in [0.1, 0.15) is 0 Å². The lowest BCUT2D eigenvalue weighted by Crippen LogP contribution is -2.47. The number of urea groups is 1. The maximum absolute atomic E-state index is 12.3. The monoisotopic (exact) mass is 299 g/mol. The largest absolute Gasteiger partial charge is 0.466 e. The summed E-state index contributed by atoms with van der Waals surface area (Å²) in [6.45, 7) is 1.71. The molecule has 0 spiro atoms. The van der Waals surface area contributed by atoms with Gasteiger partial charge in [0, 0.05) is 19.8 Å². The van der Waals surface area contributed by atoms with Gasteiger partial charge in [0.05, 0.1) is 30.4 Å². The Kier molecular flexibility index (Phi) is 4.18. The third kappa shape index (κ3) is 2.42. The summed E-state index contributed by atoms with van der Waals surface area (Å²) in [6, 6.07) is 8.13. The lowest BCUT2D eigenvalue weighted by molar-refractivity contribution is -0.137. The van der Waals surface area contributed by atoms with Gasteiger partial charge < -0.3 is 14.5 Å². The zero-order valence-electron chi connectivity index (χ0n) is 13.0. The SMILES string of the molecule is COC(=O)C1=C(C)N(C)C(=O)N(C)[C@@H]1c1cccc(C#N)c1. The maximum Gasteiger partial charge on any atom is 0.337 e. The highest BCUT2D eigenvalue weighted by atomic mass is 16.5. The Balaban J connectivity index is 2.65. The number of amides is 2. The molecule has 6 heteroatoms. The molecule has 0 saturated carbocycles. The predicted molar refractivity (Wildman–Crippen MR) is 79.5 cm³/mol. The van der Waals surface area contributed by atoms with Gasteiger partial charge in [-0.2, -0.15) is 5.26 Å². The van der Waals surface area contributed by atoms with Crippen LogP contribution in [0.3, 0.4) is 0 Å². The van der Waals surface area contributed by atoms with Gasteiger partial charge >= 0.3 is 12.0 Å². The summed E-state index contributed by atoms with van der Waals surface area (Å²) in [7, 11) is 4.54. The summed E-state index contributed by atoms with van der Waals surface area (Å²) in [4.78, 5) is 27.4. The molecule has 0 saturated heterocycles. The first-order valence-corrected chi connectivity index (χ1v) is 6.72. The number of nitrogens with zero attached hydrogens (tertiary/aromatic N) is 3. The van der Waals surface area contributed by atoms with Crippen LogP contribution in [0.2, 0.25) is 0 Å². The molecule has 0 N–H and O–H groups in total. The summed E-state index contributed by atoms with van der Waals surface area (Å²) >= 11 is 0. The van der Waals surface area contributed by atoms with E-state index in [-0.39, 0.29) is 6.03 Å². The van der Waals surface area contributed by atoms with Crippen molar-refractivity contribution in [3.63, 3.8) is 0 Å². The fourth-order valence-corrected chi connectivity index (χ4v) is 2.60. The minimum Gasteiger partial charge on any atom is -0.466 e. The van der Waals surface area contributed by atoms with Crippen molar-refractivity contribution in [1.29, 1.82) is 5.26 Å². The molecule has 22 heavy (non-hydrogen) atoms. The van der Waals surface area contributed by atoms with Gasteiger partial charge in [-0.05, 0) is 24.6 Å². The van der Waals surface area contributed by atoms with Gasteiger partial charge in [-0.15, -0.1) is 0 Å². The van der Waals surface area contributed by atoms with Gasteiger partial charge in [-0.25, -0.2) is 9.59 Å². The van der Waals surface area contributed by atoms with E-state index in [1.54, 1.807) is 45.3 Å². The van der Waals surface area contributed by atoms with Crippen LogP contribution in [0.15, 0.2) is 35.5 Å². The third-order valence-electron chi connectivity index (χ3n) is 3.88. The second kappa shape index (κ2) is 5.90. The van der Waals surface area contributed by atoms with E-state index in [4.69, 9.17) is 10.00 Å². The van der Waals surface area contributed by atoms with E-state index in [9.17, 15) is 9.59 Å². The molecule has 0 fully saturated rings. The van der Waals surface area contributed by atoms with E-state index in [0.29, 0.717) is 22.4 Å². The summed E-state index contributed by atoms with van der Waals surface area (Å²) in [5.41, 5.74) is 2.10. The average Bonchev–Trinajstić information content (AvgIpc) is 2.55. The smallest absolute Gasteiger partial charge is 0.337 e. The van der Waals surface area contributed by atoms with Crippen LogP contribution in [0.4, 0.5) is 4.79 Å². The Hall–Kier alpha value is -2.81. The predicted octanol–water partition coefficient (Wildman–Crippen LogP) is 2.04. The second-order valence-corrected chi connectivity index (χ2v) is 5.08. The molecule has 0 aliphatic carbocycles. The van der Waals surface area contributed by atoms with Crippen LogP contribution in [-0.4, -0.2) is 43.0 Å². The molecule has 114 valence electrons. The molecule has 1 aromatic rings. The number of carbonyl (C=O) groups excluding carboxylic acids is 2. The minimum atomic E-state index is -0.579. The van der Waals surface area contributed by atoms with Gasteiger partial charge in [0.2, 0.25) is 0 Å². The number of methoxy groups -OCH3 is 1. The molecule has 1 aromatic carbocycles. The van der Waals surface area contributed by atoms with Gasteiger partial charge in [-0.3, -0.25) is 0 Å². The number of allylic oxidation sites excluding steroid dienone is 1. The molecule has 1 atom stereocenters. The topological polar surface area (TPSA) is 73.6 Å². The van der Waals surface area contributed by atoms with E-state index in [1.165, 1.54) is 16.9 Å². The molecule has 2 amide bonds. The van der Waals surface area contributed by atoms with Crippen molar-refractivity contribution in [2.45, 2.75) is 13.0 Å². The zero-order valence-corrected chi connectivity index (χ0v) is 13.0. The second-order valence-electron chi connectivity index (χ2n) is 5.08. The van der Waals surface area contributed by atoms with Crippen LogP contribution in [-0.2, 0) is 9.53 Å². The van der Waals surface area contributed by atoms with E-state index in [1.807, 2.05) is 0 Å². The molecule has 1 heterocycles. The Labute approximate surface area is 129 Å². The third-order valence-corrected chi connectivity index (χ3v) is 3.88. The molecule has 0 aromatic heterocycles. The number of hydrogen-bond donors (Lipinski definition) is 0. The normalized spacial score (nSPS) is 18.3. The molecule has 0 radical (unpaired) electrons. The Morgan fingerprint density at radius 2 is 2.05 bits per heavy atom. The van der Waals surface area contributed by atoms with Crippen molar-refractivity contribution < 1.29 is 14.3 Å².